The predicted octanol–water partition coefficient (Wildman–Crippen LogP) is 4.92. The Bertz CT molecular complexity index is 1070. The molecule has 0 radical (unpaired) electrons. The summed E-state index contributed by atoms with van der Waals surface area (Å²) in [5, 5.41) is 2.50. The van der Waals surface area contributed by atoms with Gasteiger partial charge in [-0.1, -0.05) is 6.92 Å². The van der Waals surface area contributed by atoms with Gasteiger partial charge in [0.25, 0.3) is 0 Å². The zero-order valence-electron chi connectivity index (χ0n) is 17.8. The van der Waals surface area contributed by atoms with Crippen LogP contribution in [0.4, 0.5) is 30.2 Å². The van der Waals surface area contributed by atoms with Crippen LogP contribution in [-0.4, -0.2) is 50.3 Å². The number of rotatable bonds is 8. The van der Waals surface area contributed by atoms with Gasteiger partial charge in [-0.2, -0.15) is 12.7 Å². The minimum atomic E-state index is -4.05. The van der Waals surface area contributed by atoms with Crippen LogP contribution in [-0.2, 0) is 10.2 Å². The molecule has 1 aliphatic heterocycles. The average molecular weight is 582 g/mol. The fraction of sp³-hybridized carbons (Fsp3) is 0.429. The van der Waals surface area contributed by atoms with Crippen molar-refractivity contribution in [2.45, 2.75) is 32.2 Å². The molecular formula is C21H26F3IN4O2S. The zero-order chi connectivity index (χ0) is 23.5. The predicted molar refractivity (Wildman–Crippen MR) is 129 cm³/mol. The molecule has 11 heteroatoms. The van der Waals surface area contributed by atoms with Crippen LogP contribution < -0.4 is 10.0 Å². The first-order valence-corrected chi connectivity index (χ1v) is 12.8. The van der Waals surface area contributed by atoms with Crippen molar-refractivity contribution in [3.8, 4) is 0 Å². The number of hydrogen-bond donors (Lipinski definition) is 2. The molecule has 2 N–H and O–H groups in total. The van der Waals surface area contributed by atoms with E-state index in [1.165, 1.54) is 16.4 Å². The summed E-state index contributed by atoms with van der Waals surface area (Å²) in [6.45, 7) is 3.53. The Hall–Kier alpha value is -1.57. The third kappa shape index (κ3) is 5.86. The number of nitrogens with zero attached hydrogens (tertiary/aromatic N) is 2. The summed E-state index contributed by atoms with van der Waals surface area (Å²) in [6.07, 6.45) is 2.53. The number of halogens is 4. The van der Waals surface area contributed by atoms with Crippen molar-refractivity contribution in [3.05, 3.63) is 51.4 Å². The van der Waals surface area contributed by atoms with E-state index in [2.05, 4.69) is 21.9 Å². The van der Waals surface area contributed by atoms with E-state index < -0.39 is 33.3 Å². The molecule has 176 valence electrons. The van der Waals surface area contributed by atoms with E-state index in [1.54, 1.807) is 6.07 Å². The summed E-state index contributed by atoms with van der Waals surface area (Å²) in [5.74, 6) is -3.16. The fourth-order valence-electron chi connectivity index (χ4n) is 3.72. The molecule has 0 bridgehead atoms. The van der Waals surface area contributed by atoms with E-state index in [0.717, 1.165) is 31.5 Å². The van der Waals surface area contributed by atoms with Gasteiger partial charge in [-0.15, -0.1) is 0 Å². The SMILES string of the molecule is CCCN(C)C1CCCN(S(=O)(=O)Nc2ccc(F)c(F)c2Nc2ccc(I)cc2F)C1. The molecule has 1 unspecified atom stereocenters. The number of piperidine rings is 1. The van der Waals surface area contributed by atoms with Gasteiger partial charge >= 0.3 is 10.2 Å². The summed E-state index contributed by atoms with van der Waals surface area (Å²) >= 11 is 1.92. The lowest BCUT2D eigenvalue weighted by Crippen LogP contribution is -2.50. The monoisotopic (exact) mass is 582 g/mol. The number of benzene rings is 2. The molecule has 0 saturated carbocycles. The van der Waals surface area contributed by atoms with E-state index in [9.17, 15) is 21.6 Å². The van der Waals surface area contributed by atoms with Gasteiger partial charge in [-0.3, -0.25) is 4.72 Å². The standard InChI is InChI=1S/C21H26F3IN4O2S/c1-3-10-28(2)15-5-4-11-29(13-15)32(30,31)27-19-9-7-16(22)20(24)21(19)26-18-8-6-14(25)12-17(18)23/h6-9,12,15,26-27H,3-5,10-11,13H2,1-2H3. The third-order valence-corrected chi connectivity index (χ3v) is 7.58. The highest BCUT2D eigenvalue weighted by atomic mass is 127. The lowest BCUT2D eigenvalue weighted by Gasteiger charge is -2.37. The maximum absolute atomic E-state index is 14.6. The zero-order valence-corrected chi connectivity index (χ0v) is 20.8. The largest absolute Gasteiger partial charge is 0.349 e. The average Bonchev–Trinajstić information content (AvgIpc) is 2.75. The van der Waals surface area contributed by atoms with Crippen molar-refractivity contribution in [1.82, 2.24) is 9.21 Å². The molecule has 1 saturated heterocycles. The lowest BCUT2D eigenvalue weighted by molar-refractivity contribution is 0.163. The highest BCUT2D eigenvalue weighted by Crippen LogP contribution is 2.33. The Morgan fingerprint density at radius 1 is 1.16 bits per heavy atom. The van der Waals surface area contributed by atoms with Gasteiger partial charge < -0.3 is 10.2 Å². The van der Waals surface area contributed by atoms with Crippen LogP contribution in [0.25, 0.3) is 0 Å². The van der Waals surface area contributed by atoms with E-state index in [1.807, 2.05) is 29.6 Å². The topological polar surface area (TPSA) is 64.7 Å². The molecule has 0 amide bonds. The molecule has 0 aromatic heterocycles. The van der Waals surface area contributed by atoms with Crippen LogP contribution in [0.3, 0.4) is 0 Å². The van der Waals surface area contributed by atoms with Gasteiger partial charge in [0.15, 0.2) is 11.6 Å². The summed E-state index contributed by atoms with van der Waals surface area (Å²) in [6, 6.07) is 6.21. The summed E-state index contributed by atoms with van der Waals surface area (Å²) in [4.78, 5) is 2.13. The fourth-order valence-corrected chi connectivity index (χ4v) is 5.49. The molecule has 2 aromatic carbocycles. The maximum Gasteiger partial charge on any atom is 0.301 e. The molecule has 6 nitrogen and oxygen atoms in total. The number of nitrogens with one attached hydrogen (secondary N) is 2. The summed E-state index contributed by atoms with van der Waals surface area (Å²) in [7, 11) is -2.08. The first kappa shape index (κ1) is 25.1. The normalized spacial score (nSPS) is 17.5. The van der Waals surface area contributed by atoms with Gasteiger partial charge in [0.1, 0.15) is 11.5 Å². The molecule has 1 fully saturated rings. The molecule has 32 heavy (non-hydrogen) atoms. The number of hydrogen-bond acceptors (Lipinski definition) is 4. The first-order chi connectivity index (χ1) is 15.1. The van der Waals surface area contributed by atoms with E-state index in [-0.39, 0.29) is 17.4 Å². The lowest BCUT2D eigenvalue weighted by atomic mass is 10.1. The number of anilines is 3. The second-order valence-corrected chi connectivity index (χ2v) is 10.7. The van der Waals surface area contributed by atoms with E-state index in [4.69, 9.17) is 0 Å². The molecule has 1 atom stereocenters. The minimum Gasteiger partial charge on any atom is -0.349 e. The summed E-state index contributed by atoms with van der Waals surface area (Å²) < 4.78 is 73.2. The first-order valence-electron chi connectivity index (χ1n) is 10.3. The molecular weight excluding hydrogens is 556 g/mol. The van der Waals surface area contributed by atoms with Gasteiger partial charge in [-0.05, 0) is 85.8 Å². The van der Waals surface area contributed by atoms with Crippen molar-refractivity contribution in [2.24, 2.45) is 0 Å². The Kier molecular flexibility index (Phi) is 8.28. The van der Waals surface area contributed by atoms with Crippen molar-refractivity contribution in [1.29, 1.82) is 0 Å². The second kappa shape index (κ2) is 10.6. The van der Waals surface area contributed by atoms with Crippen molar-refractivity contribution in [3.63, 3.8) is 0 Å². The van der Waals surface area contributed by atoms with Gasteiger partial charge in [-0.25, -0.2) is 13.2 Å². The van der Waals surface area contributed by atoms with Crippen LogP contribution in [0, 0.1) is 21.0 Å². The summed E-state index contributed by atoms with van der Waals surface area (Å²) in [5.41, 5.74) is -0.786. The molecule has 2 aromatic rings. The van der Waals surface area contributed by atoms with Crippen LogP contribution in [0.2, 0.25) is 0 Å². The van der Waals surface area contributed by atoms with Crippen LogP contribution in [0.1, 0.15) is 26.2 Å². The van der Waals surface area contributed by atoms with E-state index >= 15 is 0 Å². The molecule has 0 spiro atoms. The van der Waals surface area contributed by atoms with Crippen molar-refractivity contribution < 1.29 is 21.6 Å². The van der Waals surface area contributed by atoms with Gasteiger partial charge in [0, 0.05) is 22.7 Å². The Balaban J connectivity index is 1.87. The van der Waals surface area contributed by atoms with Crippen molar-refractivity contribution in [2.75, 3.05) is 36.7 Å². The quantitative estimate of drug-likeness (QED) is 0.435. The van der Waals surface area contributed by atoms with Crippen LogP contribution in [0.5, 0.6) is 0 Å². The van der Waals surface area contributed by atoms with Gasteiger partial charge in [0.2, 0.25) is 0 Å². The Labute approximate surface area is 200 Å². The van der Waals surface area contributed by atoms with Crippen LogP contribution in [0.15, 0.2) is 30.3 Å². The van der Waals surface area contributed by atoms with Crippen LogP contribution >= 0.6 is 22.6 Å². The number of likely N-dealkylation sites (N-methyl/N-ethyl adjacent to an activating group) is 1. The molecule has 3 rings (SSSR count). The van der Waals surface area contributed by atoms with Crippen molar-refractivity contribution >= 4 is 49.9 Å². The Morgan fingerprint density at radius 2 is 1.88 bits per heavy atom. The molecule has 0 aliphatic carbocycles. The highest BCUT2D eigenvalue weighted by Gasteiger charge is 2.31. The minimum absolute atomic E-state index is 0.0729. The highest BCUT2D eigenvalue weighted by molar-refractivity contribution is 14.1. The smallest absolute Gasteiger partial charge is 0.301 e. The maximum atomic E-state index is 14.6. The Morgan fingerprint density at radius 3 is 2.56 bits per heavy atom. The molecule has 1 aliphatic rings. The van der Waals surface area contributed by atoms with E-state index in [0.29, 0.717) is 23.1 Å². The molecule has 1 heterocycles. The second-order valence-electron chi connectivity index (χ2n) is 7.77. The van der Waals surface area contributed by atoms with Gasteiger partial charge in [0.05, 0.1) is 11.4 Å². The third-order valence-electron chi connectivity index (χ3n) is 5.42.